The molecule has 0 saturated heterocycles. The van der Waals surface area contributed by atoms with Crippen LogP contribution >= 0.6 is 11.8 Å². The Kier molecular flexibility index (Phi) is 5.24. The molecule has 0 saturated carbocycles. The van der Waals surface area contributed by atoms with Crippen LogP contribution in [-0.4, -0.2) is 16.7 Å². The Labute approximate surface area is 122 Å². The quantitative estimate of drug-likeness (QED) is 0.602. The highest BCUT2D eigenvalue weighted by atomic mass is 32.2. The molecule has 2 aromatic rings. The summed E-state index contributed by atoms with van der Waals surface area (Å²) in [5, 5.41) is 0.588. The van der Waals surface area contributed by atoms with E-state index in [1.54, 1.807) is 6.26 Å². The fourth-order valence-corrected chi connectivity index (χ4v) is 2.39. The maximum atomic E-state index is 11.9. The Morgan fingerprint density at radius 1 is 1.40 bits per heavy atom. The molecule has 5 heteroatoms. The van der Waals surface area contributed by atoms with Crippen molar-refractivity contribution in [3.63, 3.8) is 0 Å². The number of hydrogen-bond acceptors (Lipinski definition) is 5. The first kappa shape index (κ1) is 14.7. The summed E-state index contributed by atoms with van der Waals surface area (Å²) in [5.74, 6) is 0.189. The molecule has 106 valence electrons. The lowest BCUT2D eigenvalue weighted by molar-refractivity contribution is -0.148. The summed E-state index contributed by atoms with van der Waals surface area (Å²) in [6.07, 6.45) is 1.60. The lowest BCUT2D eigenvalue weighted by Gasteiger charge is -2.10. The molecule has 0 amide bonds. The van der Waals surface area contributed by atoms with Crippen molar-refractivity contribution in [2.75, 3.05) is 5.75 Å². The number of esters is 1. The summed E-state index contributed by atoms with van der Waals surface area (Å²) < 4.78 is 10.5. The summed E-state index contributed by atoms with van der Waals surface area (Å²) >= 11 is 1.42. The molecule has 2 rings (SSSR count). The number of oxazole rings is 1. The molecule has 0 aliphatic heterocycles. The number of thioether (sulfide) groups is 1. The Morgan fingerprint density at radius 2 is 2.15 bits per heavy atom. The van der Waals surface area contributed by atoms with Crippen LogP contribution in [0.5, 0.6) is 0 Å². The first-order chi connectivity index (χ1) is 9.65. The monoisotopic (exact) mass is 291 g/mol. The molecule has 1 aromatic heterocycles. The maximum Gasteiger partial charge on any atom is 0.309 e. The van der Waals surface area contributed by atoms with E-state index in [1.807, 2.05) is 44.2 Å². The van der Waals surface area contributed by atoms with Gasteiger partial charge in [0.05, 0.1) is 11.6 Å². The second kappa shape index (κ2) is 7.14. The number of benzene rings is 1. The zero-order valence-corrected chi connectivity index (χ0v) is 12.4. The molecular weight excluding hydrogens is 274 g/mol. The van der Waals surface area contributed by atoms with Crippen molar-refractivity contribution in [3.8, 4) is 0 Å². The highest BCUT2D eigenvalue weighted by Gasteiger charge is 2.16. The average Bonchev–Trinajstić information content (AvgIpc) is 2.89. The lowest BCUT2D eigenvalue weighted by Crippen LogP contribution is -2.16. The molecule has 1 heterocycles. The minimum Gasteiger partial charge on any atom is -0.461 e. The number of carbonyl (C=O) groups is 1. The molecule has 20 heavy (non-hydrogen) atoms. The molecular formula is C15H17NO3S. The van der Waals surface area contributed by atoms with Crippen molar-refractivity contribution in [1.82, 2.24) is 4.98 Å². The van der Waals surface area contributed by atoms with Crippen molar-refractivity contribution >= 4 is 17.7 Å². The summed E-state index contributed by atoms with van der Waals surface area (Å²) in [4.78, 5) is 16.0. The zero-order valence-electron chi connectivity index (χ0n) is 11.5. The number of aromatic nitrogens is 1. The first-order valence-electron chi connectivity index (χ1n) is 6.40. The van der Waals surface area contributed by atoms with Crippen molar-refractivity contribution in [2.45, 2.75) is 25.7 Å². The summed E-state index contributed by atoms with van der Waals surface area (Å²) in [6.45, 7) is 4.02. The highest BCUT2D eigenvalue weighted by molar-refractivity contribution is 7.99. The summed E-state index contributed by atoms with van der Waals surface area (Å²) in [5.41, 5.74) is 1.83. The molecule has 4 nitrogen and oxygen atoms in total. The molecule has 1 atom stereocenters. The van der Waals surface area contributed by atoms with Gasteiger partial charge in [-0.3, -0.25) is 4.79 Å². The Bertz CT molecular complexity index is 553. The van der Waals surface area contributed by atoms with Gasteiger partial charge in [0.25, 0.3) is 5.22 Å². The van der Waals surface area contributed by atoms with Gasteiger partial charge >= 0.3 is 5.97 Å². The third-order valence-corrected chi connectivity index (χ3v) is 3.78. The number of aryl methyl sites for hydroxylation is 1. The molecule has 0 spiro atoms. The van der Waals surface area contributed by atoms with Gasteiger partial charge in [-0.2, -0.15) is 0 Å². The van der Waals surface area contributed by atoms with E-state index in [-0.39, 0.29) is 11.9 Å². The van der Waals surface area contributed by atoms with E-state index in [0.717, 1.165) is 11.3 Å². The Hall–Kier alpha value is -1.75. The zero-order chi connectivity index (χ0) is 14.4. The molecule has 1 aromatic carbocycles. The summed E-state index contributed by atoms with van der Waals surface area (Å²) in [7, 11) is 0. The molecule has 1 unspecified atom stereocenters. The molecule has 0 aliphatic rings. The average molecular weight is 291 g/mol. The standard InChI is InChI=1S/C15H17NO3S/c1-11(10-20-15-16-12(2)8-19-15)14(17)18-9-13-6-4-3-5-7-13/h3-8,11H,9-10H2,1-2H3. The third kappa shape index (κ3) is 4.42. The van der Waals surface area contributed by atoms with Gasteiger partial charge < -0.3 is 9.15 Å². The molecule has 0 bridgehead atoms. The van der Waals surface area contributed by atoms with Gasteiger partial charge in [0.1, 0.15) is 12.9 Å². The van der Waals surface area contributed by atoms with E-state index in [9.17, 15) is 4.79 Å². The SMILES string of the molecule is Cc1coc(SCC(C)C(=O)OCc2ccccc2)n1. The topological polar surface area (TPSA) is 52.3 Å². The summed E-state index contributed by atoms with van der Waals surface area (Å²) in [6, 6.07) is 9.65. The molecule has 0 radical (unpaired) electrons. The van der Waals surface area contributed by atoms with E-state index in [2.05, 4.69) is 4.98 Å². The van der Waals surface area contributed by atoms with Crippen LogP contribution in [0.1, 0.15) is 18.2 Å². The Morgan fingerprint density at radius 3 is 2.80 bits per heavy atom. The fraction of sp³-hybridized carbons (Fsp3) is 0.333. The van der Waals surface area contributed by atoms with Gasteiger partial charge in [-0.15, -0.1) is 0 Å². The second-order valence-electron chi connectivity index (χ2n) is 4.56. The minimum atomic E-state index is -0.204. The van der Waals surface area contributed by atoms with Crippen LogP contribution in [0, 0.1) is 12.8 Å². The van der Waals surface area contributed by atoms with Gasteiger partial charge in [-0.25, -0.2) is 4.98 Å². The van der Waals surface area contributed by atoms with Crippen molar-refractivity contribution in [1.29, 1.82) is 0 Å². The smallest absolute Gasteiger partial charge is 0.309 e. The largest absolute Gasteiger partial charge is 0.461 e. The van der Waals surface area contributed by atoms with Gasteiger partial charge in [-0.1, -0.05) is 49.0 Å². The molecule has 0 aliphatic carbocycles. The maximum absolute atomic E-state index is 11.9. The van der Waals surface area contributed by atoms with Gasteiger partial charge in [-0.05, 0) is 12.5 Å². The van der Waals surface area contributed by atoms with Crippen LogP contribution in [0.4, 0.5) is 0 Å². The van der Waals surface area contributed by atoms with E-state index < -0.39 is 0 Å². The number of ether oxygens (including phenoxy) is 1. The molecule has 0 N–H and O–H groups in total. The van der Waals surface area contributed by atoms with Crippen molar-refractivity contribution < 1.29 is 13.9 Å². The van der Waals surface area contributed by atoms with E-state index in [4.69, 9.17) is 9.15 Å². The molecule has 0 fully saturated rings. The van der Waals surface area contributed by atoms with E-state index in [0.29, 0.717) is 17.6 Å². The van der Waals surface area contributed by atoms with Crippen LogP contribution in [0.15, 0.2) is 46.2 Å². The number of rotatable bonds is 6. The Balaban J connectivity index is 1.74. The third-order valence-electron chi connectivity index (χ3n) is 2.68. The van der Waals surface area contributed by atoms with Gasteiger partial charge in [0, 0.05) is 5.75 Å². The minimum absolute atomic E-state index is 0.198. The van der Waals surface area contributed by atoms with Crippen LogP contribution in [0.3, 0.4) is 0 Å². The van der Waals surface area contributed by atoms with Crippen LogP contribution < -0.4 is 0 Å². The fourth-order valence-electron chi connectivity index (χ4n) is 1.53. The predicted octanol–water partition coefficient (Wildman–Crippen LogP) is 3.45. The predicted molar refractivity (Wildman–Crippen MR) is 77.4 cm³/mol. The second-order valence-corrected chi connectivity index (χ2v) is 5.53. The van der Waals surface area contributed by atoms with Crippen LogP contribution in [-0.2, 0) is 16.1 Å². The van der Waals surface area contributed by atoms with E-state index in [1.165, 1.54) is 11.8 Å². The number of hydrogen-bond donors (Lipinski definition) is 0. The van der Waals surface area contributed by atoms with Crippen LogP contribution in [0.25, 0.3) is 0 Å². The van der Waals surface area contributed by atoms with Crippen molar-refractivity contribution in [3.05, 3.63) is 47.9 Å². The van der Waals surface area contributed by atoms with Gasteiger partial charge in [0.15, 0.2) is 0 Å². The highest BCUT2D eigenvalue weighted by Crippen LogP contribution is 2.20. The van der Waals surface area contributed by atoms with E-state index >= 15 is 0 Å². The number of nitrogens with zero attached hydrogens (tertiary/aromatic N) is 1. The van der Waals surface area contributed by atoms with Crippen LogP contribution in [0.2, 0.25) is 0 Å². The number of carbonyl (C=O) groups excluding carboxylic acids is 1. The lowest BCUT2D eigenvalue weighted by atomic mass is 10.2. The first-order valence-corrected chi connectivity index (χ1v) is 7.39. The normalized spacial score (nSPS) is 12.1. The van der Waals surface area contributed by atoms with Crippen molar-refractivity contribution in [2.24, 2.45) is 5.92 Å². The van der Waals surface area contributed by atoms with Gasteiger partial charge in [0.2, 0.25) is 0 Å².